The molecular weight excluding hydrogens is 985 g/mol. The normalized spacial score (nSPS) is 23.6. The molecule has 8 rings (SSSR count). The number of rotatable bonds is 11. The van der Waals surface area contributed by atoms with Crippen LogP contribution in [0.5, 0.6) is 0 Å². The minimum atomic E-state index is -0.339. The van der Waals surface area contributed by atoms with E-state index in [9.17, 15) is 0 Å². The van der Waals surface area contributed by atoms with Crippen LogP contribution in [0.25, 0.3) is 0 Å². The van der Waals surface area contributed by atoms with Crippen molar-refractivity contribution in [2.24, 2.45) is 73.4 Å². The van der Waals surface area contributed by atoms with Gasteiger partial charge in [-0.3, -0.25) is 0 Å². The zero-order valence-electron chi connectivity index (χ0n) is 61.8. The summed E-state index contributed by atoms with van der Waals surface area (Å²) in [5, 5.41) is 0. The zero-order valence-corrected chi connectivity index (χ0v) is 59.8. The molecule has 5 aliphatic carbocycles. The molecule has 0 amide bonds. The van der Waals surface area contributed by atoms with E-state index in [4.69, 9.17) is 2.74 Å². The molecule has 468 valence electrons. The van der Waals surface area contributed by atoms with Gasteiger partial charge in [0.25, 0.3) is 0 Å². The summed E-state index contributed by atoms with van der Waals surface area (Å²) in [5.41, 5.74) is 16.1. The average molecular weight is 1130 g/mol. The molecule has 0 N–H and O–H groups in total. The molecular formula is C82H140. The van der Waals surface area contributed by atoms with Crippen molar-refractivity contribution in [3.05, 3.63) is 105 Å². The van der Waals surface area contributed by atoms with Crippen LogP contribution in [0.3, 0.4) is 0 Å². The van der Waals surface area contributed by atoms with Gasteiger partial charge in [0.15, 0.2) is 0 Å². The Kier molecular flexibility index (Phi) is 25.6. The van der Waals surface area contributed by atoms with Crippen molar-refractivity contribution in [1.82, 2.24) is 0 Å². The van der Waals surface area contributed by atoms with Gasteiger partial charge in [-0.2, -0.15) is 0 Å². The highest BCUT2D eigenvalue weighted by molar-refractivity contribution is 5.36. The highest BCUT2D eigenvalue weighted by Crippen LogP contribution is 2.62. The Labute approximate surface area is 517 Å². The first-order chi connectivity index (χ1) is 38.4. The minimum absolute atomic E-state index is 0.141. The lowest BCUT2D eigenvalue weighted by Gasteiger charge is -2.56. The van der Waals surface area contributed by atoms with Gasteiger partial charge >= 0.3 is 0 Å². The minimum Gasteiger partial charge on any atom is -0.0628 e. The molecule has 0 atom stereocenters. The predicted molar refractivity (Wildman–Crippen MR) is 369 cm³/mol. The molecule has 0 bridgehead atoms. The summed E-state index contributed by atoms with van der Waals surface area (Å²) in [4.78, 5) is 0. The Hall–Kier alpha value is -2.34. The summed E-state index contributed by atoms with van der Waals surface area (Å²) in [6.45, 7) is 60.8. The van der Waals surface area contributed by atoms with Gasteiger partial charge in [-0.05, 0) is 298 Å². The van der Waals surface area contributed by atoms with Crippen LogP contribution in [0, 0.1) is 115 Å². The maximum absolute atomic E-state index is 8.71. The molecule has 0 radical (unpaired) electrons. The van der Waals surface area contributed by atoms with Crippen LogP contribution in [-0.2, 0) is 0 Å². The van der Waals surface area contributed by atoms with Crippen molar-refractivity contribution in [2.45, 2.75) is 339 Å². The van der Waals surface area contributed by atoms with Gasteiger partial charge < -0.3 is 0 Å². The molecule has 5 saturated carbocycles. The Morgan fingerprint density at radius 1 is 0.378 bits per heavy atom. The zero-order chi connectivity index (χ0) is 63.7. The lowest BCUT2D eigenvalue weighted by Crippen LogP contribution is -2.45. The number of benzene rings is 3. The molecule has 5 fully saturated rings. The van der Waals surface area contributed by atoms with Crippen LogP contribution in [0.2, 0.25) is 0 Å². The highest BCUT2D eigenvalue weighted by Gasteiger charge is 2.50. The topological polar surface area (TPSA) is 0 Å². The number of aryl methyl sites for hydroxylation is 6. The summed E-state index contributed by atoms with van der Waals surface area (Å²) in [5.74, 6) is 5.30. The summed E-state index contributed by atoms with van der Waals surface area (Å²) in [7, 11) is 0. The molecule has 0 saturated heterocycles. The highest BCUT2D eigenvalue weighted by atomic mass is 14.5. The molecule has 0 nitrogen and oxygen atoms in total. The Bertz CT molecular complexity index is 2380. The van der Waals surface area contributed by atoms with Gasteiger partial charge in [0.1, 0.15) is 0 Å². The summed E-state index contributed by atoms with van der Waals surface area (Å²) < 4.78 is 16.9. The van der Waals surface area contributed by atoms with Gasteiger partial charge in [-0.1, -0.05) is 219 Å². The third-order valence-corrected chi connectivity index (χ3v) is 21.6. The molecule has 0 aromatic heterocycles. The molecule has 0 aliphatic heterocycles. The van der Waals surface area contributed by atoms with E-state index in [0.29, 0.717) is 43.8 Å². The summed E-state index contributed by atoms with van der Waals surface area (Å²) in [6, 6.07) is 20.7. The van der Waals surface area contributed by atoms with Crippen molar-refractivity contribution < 1.29 is 2.74 Å². The van der Waals surface area contributed by atoms with E-state index in [-0.39, 0.29) is 11.8 Å². The third-order valence-electron chi connectivity index (χ3n) is 21.6. The maximum atomic E-state index is 8.71. The van der Waals surface area contributed by atoms with E-state index in [2.05, 4.69) is 235 Å². The van der Waals surface area contributed by atoms with Crippen LogP contribution >= 0.6 is 0 Å². The Balaban J connectivity index is 0.000000226. The first-order valence-electron chi connectivity index (χ1n) is 35.7. The van der Waals surface area contributed by atoms with Gasteiger partial charge in [0, 0.05) is 2.74 Å². The molecule has 0 unspecified atom stereocenters. The lowest BCUT2D eigenvalue weighted by molar-refractivity contribution is -0.00955. The van der Waals surface area contributed by atoms with E-state index in [1.54, 1.807) is 11.1 Å². The van der Waals surface area contributed by atoms with Gasteiger partial charge in [0.2, 0.25) is 0 Å². The molecule has 3 aromatic rings. The van der Waals surface area contributed by atoms with Crippen LogP contribution in [0.4, 0.5) is 0 Å². The summed E-state index contributed by atoms with van der Waals surface area (Å²) in [6.07, 6.45) is 28.8. The standard InChI is InChI=1S/C20H32.2C16H24.2C15H30/c1-14-9-10-16(11-15(14)2)17-19(5,6)12-18(3,4)13-20(17,7)8;2*1-12-5-6-15(11-13(12)2)14-7-9-16(3,4)10-8-14;2*1-12(2)10-15(11-13(3)4)8-6-14(5)7-9-15/h9-11,17H,12-13H2,1-8H3;2*5-6,11,14H,7-10H2,1-4H3;2*12-14H,6-11H2,1-5H3/i;14D;;14D;. The van der Waals surface area contributed by atoms with Crippen molar-refractivity contribution >= 4 is 0 Å². The first kappa shape index (κ1) is 68.8. The maximum Gasteiger partial charge on any atom is 0.0352 e. The van der Waals surface area contributed by atoms with Gasteiger partial charge in [-0.15, -0.1) is 0 Å². The van der Waals surface area contributed by atoms with Crippen LogP contribution in [-0.4, -0.2) is 0 Å². The fourth-order valence-corrected chi connectivity index (χ4v) is 17.9. The molecule has 5 aliphatic rings. The van der Waals surface area contributed by atoms with Gasteiger partial charge in [-0.25, -0.2) is 0 Å². The smallest absolute Gasteiger partial charge is 0.0352 e. The van der Waals surface area contributed by atoms with E-state index >= 15 is 0 Å². The molecule has 0 heterocycles. The van der Waals surface area contributed by atoms with Crippen LogP contribution < -0.4 is 0 Å². The van der Waals surface area contributed by atoms with E-state index in [1.807, 2.05) is 0 Å². The first-order valence-corrected chi connectivity index (χ1v) is 34.7. The quantitative estimate of drug-likeness (QED) is 0.180. The van der Waals surface area contributed by atoms with Crippen molar-refractivity contribution in [3.8, 4) is 0 Å². The van der Waals surface area contributed by atoms with Crippen LogP contribution in [0.1, 0.15) is 350 Å². The Morgan fingerprint density at radius 3 is 1.06 bits per heavy atom. The second-order valence-corrected chi connectivity index (χ2v) is 35.2. The van der Waals surface area contributed by atoms with Crippen molar-refractivity contribution in [1.29, 1.82) is 0 Å². The van der Waals surface area contributed by atoms with Gasteiger partial charge in [0.05, 0.1) is 0 Å². The van der Waals surface area contributed by atoms with Crippen molar-refractivity contribution in [3.63, 3.8) is 0 Å². The molecule has 3 aromatic carbocycles. The largest absolute Gasteiger partial charge is 0.0628 e. The number of hydrogen-bond donors (Lipinski definition) is 0. The third kappa shape index (κ3) is 23.1. The monoisotopic (exact) mass is 1130 g/mol. The molecule has 82 heavy (non-hydrogen) atoms. The second kappa shape index (κ2) is 30.5. The van der Waals surface area contributed by atoms with E-state index < -0.39 is 0 Å². The van der Waals surface area contributed by atoms with E-state index in [1.165, 1.54) is 155 Å². The molecule has 0 heteroatoms. The lowest BCUT2D eigenvalue weighted by atomic mass is 9.49. The average Bonchev–Trinajstić information content (AvgIpc) is 1.07. The van der Waals surface area contributed by atoms with E-state index in [0.717, 1.165) is 61.2 Å². The predicted octanol–water partition coefficient (Wildman–Crippen LogP) is 26.8. The van der Waals surface area contributed by atoms with Crippen molar-refractivity contribution in [2.75, 3.05) is 0 Å². The van der Waals surface area contributed by atoms with Crippen LogP contribution in [0.15, 0.2) is 54.6 Å². The molecule has 0 spiro atoms. The second-order valence-electron chi connectivity index (χ2n) is 35.2. The number of hydrogen-bond acceptors (Lipinski definition) is 0. The Morgan fingerprint density at radius 2 is 0.695 bits per heavy atom. The fraction of sp³-hybridized carbons (Fsp3) is 0.780. The fourth-order valence-electron chi connectivity index (χ4n) is 17.9. The SMILES string of the molecule is CC(C)CC1(CC(C)C)CCC(C)CC1.Cc1ccc(C2C(C)(C)CC(C)(C)CC2(C)C)cc1C.Cc1ccc(C2CCC(C)(C)CC2)cc1C.[2H]C1(C)CCC(CC(C)C)(CC(C)C)CC1.[2H]C1(c2ccc(C)c(C)c2)CCC(C)(C)CC1. The summed E-state index contributed by atoms with van der Waals surface area (Å²) >= 11 is 0.